The van der Waals surface area contributed by atoms with E-state index >= 15 is 0 Å². The number of aromatic nitrogens is 2. The minimum Gasteiger partial charge on any atom is -0.346 e. The van der Waals surface area contributed by atoms with E-state index in [1.165, 1.54) is 0 Å². The van der Waals surface area contributed by atoms with Gasteiger partial charge in [-0.3, -0.25) is 0 Å². The summed E-state index contributed by atoms with van der Waals surface area (Å²) in [5.74, 6) is 2.20. The van der Waals surface area contributed by atoms with E-state index in [1.807, 2.05) is 12.1 Å². The number of hydrogen-bond donors (Lipinski definition) is 2. The predicted molar refractivity (Wildman–Crippen MR) is 92.2 cm³/mol. The monoisotopic (exact) mass is 349 g/mol. The summed E-state index contributed by atoms with van der Waals surface area (Å²) in [6, 6.07) is 8.25. The number of benzene rings is 1. The van der Waals surface area contributed by atoms with Crippen LogP contribution in [0.2, 0.25) is 0 Å². The molecule has 0 spiro atoms. The summed E-state index contributed by atoms with van der Waals surface area (Å²) in [6.45, 7) is 7.27. The van der Waals surface area contributed by atoms with Crippen molar-refractivity contribution in [3.8, 4) is 11.3 Å². The van der Waals surface area contributed by atoms with Crippen LogP contribution in [0, 0.1) is 18.8 Å². The van der Waals surface area contributed by atoms with E-state index in [2.05, 4.69) is 53.8 Å². The van der Waals surface area contributed by atoms with Gasteiger partial charge in [-0.15, -0.1) is 0 Å². The molecule has 0 radical (unpaired) electrons. The lowest BCUT2D eigenvalue weighted by atomic mass is 9.94. The molecule has 0 fully saturated rings. The van der Waals surface area contributed by atoms with Crippen molar-refractivity contribution in [1.29, 1.82) is 0 Å². The molecule has 2 aromatic rings. The molecule has 3 N–H and O–H groups in total. The van der Waals surface area contributed by atoms with Crippen LogP contribution in [0.5, 0.6) is 0 Å². The summed E-state index contributed by atoms with van der Waals surface area (Å²) < 4.78 is 1.07. The minimum atomic E-state index is 0.492. The smallest absolute Gasteiger partial charge is 0.107 e. The molecule has 1 aromatic carbocycles. The third kappa shape index (κ3) is 4.42. The first-order chi connectivity index (χ1) is 9.99. The summed E-state index contributed by atoms with van der Waals surface area (Å²) >= 11 is 3.51. The minimum absolute atomic E-state index is 0.492. The number of hydrogen-bond acceptors (Lipinski definition) is 2. The molecule has 114 valence electrons. The molecule has 0 saturated heterocycles. The fourth-order valence-electron chi connectivity index (χ4n) is 2.74. The number of nitrogens with one attached hydrogen (secondary N) is 1. The number of aryl methyl sites for hydroxylation is 1. The number of rotatable bonds is 6. The highest BCUT2D eigenvalue weighted by atomic mass is 79.9. The van der Waals surface area contributed by atoms with Crippen molar-refractivity contribution in [2.24, 2.45) is 17.6 Å². The maximum Gasteiger partial charge on any atom is 0.107 e. The standard InChI is InChI=1S/C17H24BrN3/c1-11(2)7-13(10-19)8-16-20-12(3)17(21-16)14-5-4-6-15(18)9-14/h4-6,9,11,13H,7-8,10,19H2,1-3H3,(H,20,21). The number of aromatic amines is 1. The highest BCUT2D eigenvalue weighted by molar-refractivity contribution is 9.10. The largest absolute Gasteiger partial charge is 0.346 e. The fraction of sp³-hybridized carbons (Fsp3) is 0.471. The quantitative estimate of drug-likeness (QED) is 0.816. The van der Waals surface area contributed by atoms with E-state index in [0.29, 0.717) is 18.4 Å². The van der Waals surface area contributed by atoms with Crippen LogP contribution in [-0.2, 0) is 6.42 Å². The summed E-state index contributed by atoms with van der Waals surface area (Å²) in [5.41, 5.74) is 9.18. The van der Waals surface area contributed by atoms with Gasteiger partial charge in [0.15, 0.2) is 0 Å². The molecule has 1 heterocycles. The normalized spacial score (nSPS) is 12.9. The molecule has 0 saturated carbocycles. The maximum atomic E-state index is 5.90. The molecule has 0 aliphatic heterocycles. The van der Waals surface area contributed by atoms with Crippen molar-refractivity contribution in [3.63, 3.8) is 0 Å². The van der Waals surface area contributed by atoms with Crippen LogP contribution in [0.25, 0.3) is 11.3 Å². The van der Waals surface area contributed by atoms with Crippen LogP contribution < -0.4 is 5.73 Å². The van der Waals surface area contributed by atoms with Crippen molar-refractivity contribution in [2.75, 3.05) is 6.54 Å². The Labute approximate surface area is 135 Å². The Morgan fingerprint density at radius 2 is 2.10 bits per heavy atom. The molecule has 3 nitrogen and oxygen atoms in total. The van der Waals surface area contributed by atoms with Crippen LogP contribution in [0.1, 0.15) is 31.8 Å². The van der Waals surface area contributed by atoms with Crippen molar-refractivity contribution in [2.45, 2.75) is 33.6 Å². The van der Waals surface area contributed by atoms with Crippen LogP contribution in [0.4, 0.5) is 0 Å². The molecule has 0 bridgehead atoms. The Morgan fingerprint density at radius 1 is 1.33 bits per heavy atom. The van der Waals surface area contributed by atoms with E-state index in [1.54, 1.807) is 0 Å². The lowest BCUT2D eigenvalue weighted by molar-refractivity contribution is 0.409. The van der Waals surface area contributed by atoms with Gasteiger partial charge >= 0.3 is 0 Å². The molecular weight excluding hydrogens is 326 g/mol. The molecular formula is C17H24BrN3. The number of imidazole rings is 1. The van der Waals surface area contributed by atoms with Crippen molar-refractivity contribution < 1.29 is 0 Å². The Balaban J connectivity index is 2.19. The average molecular weight is 350 g/mol. The summed E-state index contributed by atoms with van der Waals surface area (Å²) in [6.07, 6.45) is 2.06. The highest BCUT2D eigenvalue weighted by Crippen LogP contribution is 2.25. The lowest BCUT2D eigenvalue weighted by Crippen LogP contribution is -2.19. The van der Waals surface area contributed by atoms with Crippen molar-refractivity contribution in [3.05, 3.63) is 40.3 Å². The maximum absolute atomic E-state index is 5.90. The van der Waals surface area contributed by atoms with Crippen molar-refractivity contribution >= 4 is 15.9 Å². The Kier molecular flexibility index (Phi) is 5.59. The molecule has 1 atom stereocenters. The van der Waals surface area contributed by atoms with E-state index in [4.69, 9.17) is 10.7 Å². The van der Waals surface area contributed by atoms with E-state index in [-0.39, 0.29) is 0 Å². The molecule has 0 aliphatic carbocycles. The summed E-state index contributed by atoms with van der Waals surface area (Å²) in [4.78, 5) is 8.20. The van der Waals surface area contributed by atoms with Gasteiger partial charge in [0.1, 0.15) is 5.82 Å². The number of H-pyrrole nitrogens is 1. The van der Waals surface area contributed by atoms with E-state index in [9.17, 15) is 0 Å². The van der Waals surface area contributed by atoms with Gasteiger partial charge in [-0.05, 0) is 43.9 Å². The van der Waals surface area contributed by atoms with Gasteiger partial charge in [0.25, 0.3) is 0 Å². The van der Waals surface area contributed by atoms with Gasteiger partial charge in [-0.25, -0.2) is 4.98 Å². The Bertz CT molecular complexity index is 589. The third-order valence-electron chi connectivity index (χ3n) is 3.65. The number of halogens is 1. The average Bonchev–Trinajstić information content (AvgIpc) is 2.78. The predicted octanol–water partition coefficient (Wildman–Crippen LogP) is 4.31. The zero-order valence-corrected chi connectivity index (χ0v) is 14.6. The van der Waals surface area contributed by atoms with Crippen LogP contribution >= 0.6 is 15.9 Å². The Hall–Kier alpha value is -1.13. The number of nitrogens with zero attached hydrogens (tertiary/aromatic N) is 1. The third-order valence-corrected chi connectivity index (χ3v) is 4.15. The van der Waals surface area contributed by atoms with Gasteiger partial charge < -0.3 is 10.7 Å². The second kappa shape index (κ2) is 7.23. The van der Waals surface area contributed by atoms with Crippen LogP contribution in [0.15, 0.2) is 28.7 Å². The van der Waals surface area contributed by atoms with Gasteiger partial charge in [-0.2, -0.15) is 0 Å². The van der Waals surface area contributed by atoms with Gasteiger partial charge in [0.2, 0.25) is 0 Å². The first kappa shape index (κ1) is 16.2. The van der Waals surface area contributed by atoms with E-state index < -0.39 is 0 Å². The molecule has 2 rings (SSSR count). The molecule has 0 aliphatic rings. The van der Waals surface area contributed by atoms with Crippen LogP contribution in [0.3, 0.4) is 0 Å². The fourth-order valence-corrected chi connectivity index (χ4v) is 3.14. The molecule has 4 heteroatoms. The molecule has 1 unspecified atom stereocenters. The summed E-state index contributed by atoms with van der Waals surface area (Å²) in [7, 11) is 0. The number of nitrogens with two attached hydrogens (primary N) is 1. The zero-order valence-electron chi connectivity index (χ0n) is 13.0. The first-order valence-electron chi connectivity index (χ1n) is 7.51. The van der Waals surface area contributed by atoms with E-state index in [0.717, 1.165) is 40.1 Å². The van der Waals surface area contributed by atoms with Crippen molar-refractivity contribution in [1.82, 2.24) is 9.97 Å². The molecule has 0 amide bonds. The van der Waals surface area contributed by atoms with Gasteiger partial charge in [0, 0.05) is 22.2 Å². The van der Waals surface area contributed by atoms with Gasteiger partial charge in [-0.1, -0.05) is 41.9 Å². The Morgan fingerprint density at radius 3 is 2.71 bits per heavy atom. The molecule has 21 heavy (non-hydrogen) atoms. The second-order valence-corrected chi connectivity index (χ2v) is 7.02. The second-order valence-electron chi connectivity index (χ2n) is 6.10. The lowest BCUT2D eigenvalue weighted by Gasteiger charge is -2.15. The summed E-state index contributed by atoms with van der Waals surface area (Å²) in [5, 5.41) is 0. The highest BCUT2D eigenvalue weighted by Gasteiger charge is 2.15. The topological polar surface area (TPSA) is 54.7 Å². The van der Waals surface area contributed by atoms with Gasteiger partial charge in [0.05, 0.1) is 5.69 Å². The van der Waals surface area contributed by atoms with Crippen LogP contribution in [-0.4, -0.2) is 16.5 Å². The first-order valence-corrected chi connectivity index (χ1v) is 8.30. The SMILES string of the molecule is Cc1[nH]c(CC(CN)CC(C)C)nc1-c1cccc(Br)c1. The zero-order chi connectivity index (χ0) is 15.4. The molecule has 1 aromatic heterocycles.